The minimum absolute atomic E-state index is 0.0373. The summed E-state index contributed by atoms with van der Waals surface area (Å²) in [7, 11) is -1.14. The van der Waals surface area contributed by atoms with Crippen LogP contribution in [0.2, 0.25) is 0 Å². The van der Waals surface area contributed by atoms with Crippen molar-refractivity contribution in [1.82, 2.24) is 18.7 Å². The molecule has 7 heteroatoms. The summed E-state index contributed by atoms with van der Waals surface area (Å²) in [5.74, 6) is 0.828. The van der Waals surface area contributed by atoms with Gasteiger partial charge in [0.1, 0.15) is 16.8 Å². The van der Waals surface area contributed by atoms with Crippen molar-refractivity contribution in [3.8, 4) is 5.69 Å². The highest BCUT2D eigenvalue weighted by molar-refractivity contribution is 7.83. The SMILES string of the molecule is CC[C@@H](C)N1Cc2cc(-n3nc4n(c3=O)[C@H](c3ccccc3)CC4)ccc2S1=O. The summed E-state index contributed by atoms with van der Waals surface area (Å²) in [6.45, 7) is 4.84. The Morgan fingerprint density at radius 1 is 1.21 bits per heavy atom. The van der Waals surface area contributed by atoms with Crippen molar-refractivity contribution in [3.63, 3.8) is 0 Å². The minimum Gasteiger partial charge on any atom is -0.271 e. The summed E-state index contributed by atoms with van der Waals surface area (Å²) in [5.41, 5.74) is 2.79. The van der Waals surface area contributed by atoms with E-state index in [2.05, 4.69) is 31.1 Å². The summed E-state index contributed by atoms with van der Waals surface area (Å²) in [5, 5.41) is 4.63. The molecule has 0 fully saturated rings. The van der Waals surface area contributed by atoms with Crippen molar-refractivity contribution >= 4 is 11.0 Å². The molecule has 0 saturated heterocycles. The smallest absolute Gasteiger partial charge is 0.271 e. The second kappa shape index (κ2) is 7.07. The Hall–Kier alpha value is -2.51. The number of rotatable bonds is 4. The first-order valence-corrected chi connectivity index (χ1v) is 11.3. The maximum absolute atomic E-state index is 13.2. The van der Waals surface area contributed by atoms with Gasteiger partial charge in [0.25, 0.3) is 0 Å². The van der Waals surface area contributed by atoms with Crippen LogP contribution in [0, 0.1) is 0 Å². The molecular weight excluding hydrogens is 384 g/mol. The van der Waals surface area contributed by atoms with Gasteiger partial charge in [-0.3, -0.25) is 4.57 Å². The monoisotopic (exact) mass is 408 g/mol. The molecule has 0 spiro atoms. The van der Waals surface area contributed by atoms with Crippen molar-refractivity contribution in [3.05, 3.63) is 76.0 Å². The Bertz CT molecular complexity index is 1150. The Morgan fingerprint density at radius 2 is 2.00 bits per heavy atom. The molecule has 0 bridgehead atoms. The van der Waals surface area contributed by atoms with E-state index >= 15 is 0 Å². The third-order valence-electron chi connectivity index (χ3n) is 6.12. The lowest BCUT2D eigenvalue weighted by Crippen LogP contribution is -2.29. The van der Waals surface area contributed by atoms with E-state index in [0.29, 0.717) is 6.54 Å². The van der Waals surface area contributed by atoms with Crippen LogP contribution in [0.15, 0.2) is 58.2 Å². The first kappa shape index (κ1) is 18.5. The molecule has 6 nitrogen and oxygen atoms in total. The zero-order chi connectivity index (χ0) is 20.1. The van der Waals surface area contributed by atoms with Crippen LogP contribution >= 0.6 is 0 Å². The van der Waals surface area contributed by atoms with Crippen molar-refractivity contribution < 1.29 is 4.21 Å². The molecule has 0 amide bonds. The predicted octanol–water partition coefficient (Wildman–Crippen LogP) is 3.21. The molecule has 0 saturated carbocycles. The molecule has 1 aromatic heterocycles. The topological polar surface area (TPSA) is 60.1 Å². The van der Waals surface area contributed by atoms with Crippen LogP contribution in [-0.2, 0) is 24.0 Å². The molecule has 0 aliphatic carbocycles. The average molecular weight is 409 g/mol. The van der Waals surface area contributed by atoms with Crippen LogP contribution in [0.1, 0.15) is 49.7 Å². The number of nitrogens with zero attached hydrogens (tertiary/aromatic N) is 4. The van der Waals surface area contributed by atoms with Gasteiger partial charge in [-0.05, 0) is 49.1 Å². The summed E-state index contributed by atoms with van der Waals surface area (Å²) in [6.07, 6.45) is 2.63. The lowest BCUT2D eigenvalue weighted by molar-refractivity contribution is 0.353. The van der Waals surface area contributed by atoms with Gasteiger partial charge >= 0.3 is 5.69 Å². The first-order chi connectivity index (χ1) is 14.1. The second-order valence-electron chi connectivity index (χ2n) is 7.82. The second-order valence-corrected chi connectivity index (χ2v) is 9.23. The Morgan fingerprint density at radius 3 is 2.76 bits per heavy atom. The third-order valence-corrected chi connectivity index (χ3v) is 7.81. The van der Waals surface area contributed by atoms with Gasteiger partial charge in [0.2, 0.25) is 0 Å². The summed E-state index contributed by atoms with van der Waals surface area (Å²) < 4.78 is 18.1. The fourth-order valence-electron chi connectivity index (χ4n) is 4.32. The lowest BCUT2D eigenvalue weighted by Gasteiger charge is -2.20. The van der Waals surface area contributed by atoms with Crippen molar-refractivity contribution in [2.75, 3.05) is 0 Å². The van der Waals surface area contributed by atoms with E-state index in [4.69, 9.17) is 0 Å². The van der Waals surface area contributed by atoms with E-state index in [1.807, 2.05) is 45.3 Å². The molecule has 2 aliphatic rings. The van der Waals surface area contributed by atoms with Crippen LogP contribution in [0.4, 0.5) is 0 Å². The molecule has 2 aliphatic heterocycles. The van der Waals surface area contributed by atoms with Crippen LogP contribution < -0.4 is 5.69 Å². The normalized spacial score (nSPS) is 21.9. The molecule has 0 N–H and O–H groups in total. The van der Waals surface area contributed by atoms with Crippen LogP contribution in [0.25, 0.3) is 5.69 Å². The Kier molecular flexibility index (Phi) is 4.52. The quantitative estimate of drug-likeness (QED) is 0.666. The fraction of sp³-hybridized carbons (Fsp3) is 0.364. The molecule has 5 rings (SSSR count). The first-order valence-electron chi connectivity index (χ1n) is 10.2. The molecule has 1 unspecified atom stereocenters. The molecule has 3 atom stereocenters. The molecular formula is C22H24N4O2S. The summed E-state index contributed by atoms with van der Waals surface area (Å²) >= 11 is 0. The van der Waals surface area contributed by atoms with E-state index in [0.717, 1.165) is 46.8 Å². The van der Waals surface area contributed by atoms with Crippen molar-refractivity contribution in [2.45, 2.75) is 56.6 Å². The van der Waals surface area contributed by atoms with Crippen molar-refractivity contribution in [1.29, 1.82) is 0 Å². The number of hydrogen-bond donors (Lipinski definition) is 0. The number of fused-ring (bicyclic) bond motifs is 2. The molecule has 0 radical (unpaired) electrons. The van der Waals surface area contributed by atoms with Crippen LogP contribution in [0.5, 0.6) is 0 Å². The van der Waals surface area contributed by atoms with Crippen LogP contribution in [0.3, 0.4) is 0 Å². The van der Waals surface area contributed by atoms with Gasteiger partial charge in [-0.1, -0.05) is 37.3 Å². The van der Waals surface area contributed by atoms with E-state index < -0.39 is 11.0 Å². The van der Waals surface area contributed by atoms with Gasteiger partial charge in [-0.2, -0.15) is 4.68 Å². The lowest BCUT2D eigenvalue weighted by atomic mass is 10.1. The highest BCUT2D eigenvalue weighted by atomic mass is 32.2. The number of benzene rings is 2. The fourth-order valence-corrected chi connectivity index (χ4v) is 5.84. The Labute approximate surface area is 172 Å². The zero-order valence-corrected chi connectivity index (χ0v) is 17.4. The molecule has 29 heavy (non-hydrogen) atoms. The summed E-state index contributed by atoms with van der Waals surface area (Å²) in [4.78, 5) is 14.1. The molecule has 3 heterocycles. The van der Waals surface area contributed by atoms with Crippen LogP contribution in [-0.4, -0.2) is 28.9 Å². The number of hydrogen-bond acceptors (Lipinski definition) is 3. The van der Waals surface area contributed by atoms with Gasteiger partial charge < -0.3 is 0 Å². The van der Waals surface area contributed by atoms with E-state index in [1.165, 1.54) is 4.68 Å². The molecule has 2 aromatic carbocycles. The summed E-state index contributed by atoms with van der Waals surface area (Å²) in [6, 6.07) is 16.1. The number of aryl methyl sites for hydroxylation is 1. The largest absolute Gasteiger partial charge is 0.351 e. The predicted molar refractivity (Wildman–Crippen MR) is 112 cm³/mol. The minimum atomic E-state index is -1.14. The maximum atomic E-state index is 13.2. The standard InChI is InChI=1S/C22H24N4O2S/c1-3-15(2)24-14-17-13-18(9-11-20(17)29(24)28)26-22(27)25-19(10-12-21(25)23-26)16-7-5-4-6-8-16/h4-9,11,13,15,19H,3,10,12,14H2,1-2H3/t15-,19+,29?/m1/s1. The van der Waals surface area contributed by atoms with Gasteiger partial charge in [-0.25, -0.2) is 13.3 Å². The third kappa shape index (κ3) is 2.91. The van der Waals surface area contributed by atoms with E-state index in [1.54, 1.807) is 0 Å². The van der Waals surface area contributed by atoms with Gasteiger partial charge in [0, 0.05) is 19.0 Å². The maximum Gasteiger partial charge on any atom is 0.351 e. The highest BCUT2D eigenvalue weighted by Crippen LogP contribution is 2.32. The van der Waals surface area contributed by atoms with Gasteiger partial charge in [0.05, 0.1) is 16.6 Å². The van der Waals surface area contributed by atoms with E-state index in [9.17, 15) is 9.00 Å². The molecule has 150 valence electrons. The van der Waals surface area contributed by atoms with Gasteiger partial charge in [0.15, 0.2) is 0 Å². The van der Waals surface area contributed by atoms with Gasteiger partial charge in [-0.15, -0.1) is 5.10 Å². The zero-order valence-electron chi connectivity index (χ0n) is 16.6. The Balaban J connectivity index is 1.52. The van der Waals surface area contributed by atoms with E-state index in [-0.39, 0.29) is 17.8 Å². The molecule has 3 aromatic rings. The number of aromatic nitrogens is 3. The highest BCUT2D eigenvalue weighted by Gasteiger charge is 2.32. The average Bonchev–Trinajstić information content (AvgIpc) is 3.41. The van der Waals surface area contributed by atoms with Crippen molar-refractivity contribution in [2.24, 2.45) is 0 Å².